The van der Waals surface area contributed by atoms with Crippen LogP contribution in [0.15, 0.2) is 54.7 Å². The van der Waals surface area contributed by atoms with Crippen LogP contribution in [-0.4, -0.2) is 19.0 Å². The normalized spacial score (nSPS) is 17.8. The monoisotopic (exact) mass is 437 g/mol. The molecule has 0 aliphatic carbocycles. The van der Waals surface area contributed by atoms with Crippen molar-refractivity contribution in [3.8, 4) is 0 Å². The number of alkyl halides is 6. The number of hydrogen-bond donors (Lipinski definition) is 0. The maximum absolute atomic E-state index is 12.7. The fourth-order valence-corrected chi connectivity index (χ4v) is 3.47. The number of benzene rings is 2. The van der Waals surface area contributed by atoms with E-state index in [0.29, 0.717) is 0 Å². The van der Waals surface area contributed by atoms with E-state index in [-0.39, 0.29) is 16.9 Å². The molecule has 1 aliphatic heterocycles. The lowest BCUT2D eigenvalue weighted by Crippen LogP contribution is -2.26. The molecule has 0 unspecified atom stereocenters. The van der Waals surface area contributed by atoms with E-state index in [1.165, 1.54) is 0 Å². The third kappa shape index (κ3) is 4.50. The number of nitrogens with zero attached hydrogens (tertiary/aromatic N) is 1. The van der Waals surface area contributed by atoms with E-state index in [1.54, 1.807) is 0 Å². The second kappa shape index (κ2) is 6.97. The second-order valence-electron chi connectivity index (χ2n) is 6.25. The molecule has 1 aliphatic rings. The SMILES string of the molecule is CS(=O)(=O)N1C=C(c2ccc(C(F)(F)F)cc2)O[C@@H]1c1ccc(C(F)(F)F)cc1. The molecule has 29 heavy (non-hydrogen) atoms. The van der Waals surface area contributed by atoms with Gasteiger partial charge in [-0.15, -0.1) is 0 Å². The van der Waals surface area contributed by atoms with Gasteiger partial charge in [0.15, 0.2) is 0 Å². The number of ether oxygens (including phenoxy) is 1. The van der Waals surface area contributed by atoms with E-state index < -0.39 is 39.7 Å². The Morgan fingerprint density at radius 1 is 0.828 bits per heavy atom. The van der Waals surface area contributed by atoms with Crippen molar-refractivity contribution in [1.29, 1.82) is 0 Å². The van der Waals surface area contributed by atoms with E-state index in [0.717, 1.165) is 65.3 Å². The molecule has 0 saturated carbocycles. The van der Waals surface area contributed by atoms with Crippen LogP contribution in [0, 0.1) is 0 Å². The molecular weight excluding hydrogens is 424 g/mol. The van der Waals surface area contributed by atoms with Gasteiger partial charge in [-0.3, -0.25) is 0 Å². The quantitative estimate of drug-likeness (QED) is 0.634. The van der Waals surface area contributed by atoms with E-state index in [9.17, 15) is 34.8 Å². The first-order valence-corrected chi connectivity index (χ1v) is 9.83. The largest absolute Gasteiger partial charge is 0.463 e. The summed E-state index contributed by atoms with van der Waals surface area (Å²) >= 11 is 0. The molecule has 2 aromatic rings. The summed E-state index contributed by atoms with van der Waals surface area (Å²) in [5.41, 5.74) is -1.50. The van der Waals surface area contributed by atoms with Crippen LogP contribution in [0.2, 0.25) is 0 Å². The summed E-state index contributed by atoms with van der Waals surface area (Å²) in [6, 6.07) is 7.59. The number of hydrogen-bond acceptors (Lipinski definition) is 3. The van der Waals surface area contributed by atoms with Crippen molar-refractivity contribution in [3.63, 3.8) is 0 Å². The average molecular weight is 437 g/mol. The van der Waals surface area contributed by atoms with Gasteiger partial charge in [0.2, 0.25) is 16.3 Å². The minimum absolute atomic E-state index is 0.0333. The number of rotatable bonds is 3. The highest BCUT2D eigenvalue weighted by Crippen LogP contribution is 2.39. The second-order valence-corrected chi connectivity index (χ2v) is 8.14. The first-order valence-electron chi connectivity index (χ1n) is 7.98. The molecular formula is C18H13F6NO3S. The van der Waals surface area contributed by atoms with Crippen LogP contribution in [0.4, 0.5) is 26.3 Å². The van der Waals surface area contributed by atoms with E-state index in [2.05, 4.69) is 0 Å². The van der Waals surface area contributed by atoms with Gasteiger partial charge in [0.1, 0.15) is 5.76 Å². The van der Waals surface area contributed by atoms with Crippen molar-refractivity contribution < 1.29 is 39.5 Å². The zero-order valence-corrected chi connectivity index (χ0v) is 15.4. The lowest BCUT2D eigenvalue weighted by atomic mass is 10.1. The highest BCUT2D eigenvalue weighted by atomic mass is 32.2. The highest BCUT2D eigenvalue weighted by molar-refractivity contribution is 7.88. The van der Waals surface area contributed by atoms with Crippen LogP contribution in [-0.2, 0) is 27.1 Å². The van der Waals surface area contributed by atoms with Gasteiger partial charge in [-0.1, -0.05) is 24.3 Å². The molecule has 1 heterocycles. The Kier molecular flexibility index (Phi) is 5.06. The van der Waals surface area contributed by atoms with Crippen molar-refractivity contribution in [2.45, 2.75) is 18.6 Å². The molecule has 0 saturated heterocycles. The minimum Gasteiger partial charge on any atom is -0.463 e. The molecule has 0 aromatic heterocycles. The summed E-state index contributed by atoms with van der Waals surface area (Å²) in [4.78, 5) is 0. The average Bonchev–Trinajstić information content (AvgIpc) is 3.06. The molecule has 0 bridgehead atoms. The summed E-state index contributed by atoms with van der Waals surface area (Å²) in [6.07, 6.45) is -8.43. The Bertz CT molecular complexity index is 1030. The topological polar surface area (TPSA) is 46.6 Å². The van der Waals surface area contributed by atoms with E-state index in [4.69, 9.17) is 4.74 Å². The predicted octanol–water partition coefficient (Wildman–Crippen LogP) is 5.01. The minimum atomic E-state index is -4.56. The molecule has 0 radical (unpaired) electrons. The fraction of sp³-hybridized carbons (Fsp3) is 0.222. The third-order valence-electron chi connectivity index (χ3n) is 4.12. The van der Waals surface area contributed by atoms with Gasteiger partial charge < -0.3 is 4.74 Å². The summed E-state index contributed by atoms with van der Waals surface area (Å²) in [5.74, 6) is -0.0333. The molecule has 0 N–H and O–H groups in total. The Balaban J connectivity index is 1.93. The Morgan fingerprint density at radius 2 is 1.28 bits per heavy atom. The number of sulfonamides is 1. The maximum Gasteiger partial charge on any atom is 0.416 e. The van der Waals surface area contributed by atoms with Crippen LogP contribution >= 0.6 is 0 Å². The van der Waals surface area contributed by atoms with Gasteiger partial charge in [-0.25, -0.2) is 12.7 Å². The van der Waals surface area contributed by atoms with Crippen LogP contribution in [0.3, 0.4) is 0 Å². The number of halogens is 6. The Labute approximate surface area is 162 Å². The van der Waals surface area contributed by atoms with Crippen molar-refractivity contribution in [2.24, 2.45) is 0 Å². The lowest BCUT2D eigenvalue weighted by molar-refractivity contribution is -0.138. The molecule has 2 aromatic carbocycles. The Hall–Kier alpha value is -2.69. The summed E-state index contributed by atoms with van der Waals surface area (Å²) in [5, 5.41) is 0. The summed E-state index contributed by atoms with van der Waals surface area (Å²) < 4.78 is 107. The maximum atomic E-state index is 12.7. The summed E-state index contributed by atoms with van der Waals surface area (Å²) in [7, 11) is -3.88. The fourth-order valence-electron chi connectivity index (χ4n) is 2.67. The van der Waals surface area contributed by atoms with E-state index >= 15 is 0 Å². The smallest absolute Gasteiger partial charge is 0.416 e. The van der Waals surface area contributed by atoms with Crippen LogP contribution in [0.25, 0.3) is 5.76 Å². The molecule has 0 spiro atoms. The lowest BCUT2D eigenvalue weighted by Gasteiger charge is -2.23. The van der Waals surface area contributed by atoms with Crippen molar-refractivity contribution >= 4 is 15.8 Å². The molecule has 1 atom stereocenters. The van der Waals surface area contributed by atoms with Gasteiger partial charge >= 0.3 is 12.4 Å². The van der Waals surface area contributed by atoms with Gasteiger partial charge in [0.25, 0.3) is 0 Å². The molecule has 156 valence electrons. The van der Waals surface area contributed by atoms with Gasteiger partial charge in [-0.05, 0) is 24.3 Å². The molecule has 4 nitrogen and oxygen atoms in total. The highest BCUT2D eigenvalue weighted by Gasteiger charge is 2.36. The van der Waals surface area contributed by atoms with Crippen molar-refractivity contribution in [3.05, 3.63) is 77.0 Å². The van der Waals surface area contributed by atoms with Crippen LogP contribution < -0.4 is 0 Å². The van der Waals surface area contributed by atoms with Crippen LogP contribution in [0.1, 0.15) is 28.5 Å². The predicted molar refractivity (Wildman–Crippen MR) is 91.4 cm³/mol. The van der Waals surface area contributed by atoms with Gasteiger partial charge in [0, 0.05) is 11.1 Å². The zero-order valence-electron chi connectivity index (χ0n) is 14.6. The molecule has 3 rings (SSSR count). The molecule has 11 heteroatoms. The third-order valence-corrected chi connectivity index (χ3v) is 5.18. The van der Waals surface area contributed by atoms with Gasteiger partial charge in [-0.2, -0.15) is 26.3 Å². The van der Waals surface area contributed by atoms with Gasteiger partial charge in [0.05, 0.1) is 23.6 Å². The van der Waals surface area contributed by atoms with Crippen LogP contribution in [0.5, 0.6) is 0 Å². The molecule has 0 fully saturated rings. The summed E-state index contributed by atoms with van der Waals surface area (Å²) in [6.45, 7) is 0. The zero-order chi connectivity index (χ0) is 21.6. The Morgan fingerprint density at radius 3 is 1.69 bits per heavy atom. The first-order chi connectivity index (χ1) is 13.3. The van der Waals surface area contributed by atoms with Crippen molar-refractivity contribution in [2.75, 3.05) is 6.26 Å². The standard InChI is InChI=1S/C18H13F6NO3S/c1-29(26,27)25-10-15(11-2-6-13(7-3-11)17(19,20)21)28-16(25)12-4-8-14(9-5-12)18(22,23)24/h2-10,16H,1H3/t16-/m1/s1. The van der Waals surface area contributed by atoms with Crippen molar-refractivity contribution in [1.82, 2.24) is 4.31 Å². The first kappa shape index (κ1) is 21.0. The van der Waals surface area contributed by atoms with E-state index in [1.807, 2.05) is 0 Å². The molecule has 0 amide bonds.